The van der Waals surface area contributed by atoms with Crippen LogP contribution in [0.5, 0.6) is 0 Å². The molecule has 0 aliphatic heterocycles. The van der Waals surface area contributed by atoms with E-state index < -0.39 is 0 Å². The Morgan fingerprint density at radius 3 is 2.83 bits per heavy atom. The monoisotopic (exact) mass is 288 g/mol. The fourth-order valence-electron chi connectivity index (χ4n) is 2.28. The third kappa shape index (κ3) is 3.87. The zero-order valence-electron chi connectivity index (χ0n) is 10.1. The average molecular weight is 289 g/mol. The van der Waals surface area contributed by atoms with Gasteiger partial charge in [0.05, 0.1) is 5.92 Å². The van der Waals surface area contributed by atoms with Gasteiger partial charge in [0.25, 0.3) is 0 Å². The van der Waals surface area contributed by atoms with Crippen LogP contribution in [0, 0.1) is 5.92 Å². The molecule has 2 atom stereocenters. The van der Waals surface area contributed by atoms with Crippen molar-refractivity contribution in [1.82, 2.24) is 5.32 Å². The van der Waals surface area contributed by atoms with Gasteiger partial charge in [-0.2, -0.15) is 0 Å². The maximum atomic E-state index is 11.9. The molecule has 0 aromatic heterocycles. The molecule has 1 aliphatic rings. The van der Waals surface area contributed by atoms with E-state index in [2.05, 4.69) is 5.32 Å². The highest BCUT2D eigenvalue weighted by atomic mass is 35.5. The normalized spacial score (nSPS) is 22.3. The first-order valence-electron chi connectivity index (χ1n) is 5.94. The third-order valence-corrected chi connectivity index (χ3v) is 3.50. The minimum atomic E-state index is -0.0193. The molecule has 1 aromatic carbocycles. The van der Waals surface area contributed by atoms with Crippen molar-refractivity contribution in [3.8, 4) is 0 Å². The van der Waals surface area contributed by atoms with Gasteiger partial charge in [0.1, 0.15) is 0 Å². The lowest BCUT2D eigenvalue weighted by Gasteiger charge is -2.15. The van der Waals surface area contributed by atoms with Gasteiger partial charge in [0, 0.05) is 17.6 Å². The summed E-state index contributed by atoms with van der Waals surface area (Å²) in [5, 5.41) is 3.61. The maximum Gasteiger partial charge on any atom is 0.224 e. The number of halogens is 2. The Balaban J connectivity index is 0.00000162. The second kappa shape index (κ2) is 6.98. The minimum Gasteiger partial charge on any atom is -0.352 e. The van der Waals surface area contributed by atoms with Crippen LogP contribution in [0.3, 0.4) is 0 Å². The lowest BCUT2D eigenvalue weighted by molar-refractivity contribution is -0.125. The zero-order valence-corrected chi connectivity index (χ0v) is 11.6. The summed E-state index contributed by atoms with van der Waals surface area (Å²) in [6.07, 6.45) is 2.91. The largest absolute Gasteiger partial charge is 0.352 e. The Labute approximate surface area is 118 Å². The number of carbonyl (C=O) groups excluding carboxylic acids is 1. The Bertz CT molecular complexity index is 412. The SMILES string of the molecule is Cl.NC1CCCC1C(=O)NCc1cccc(Cl)c1. The number of nitrogens with one attached hydrogen (secondary N) is 1. The Morgan fingerprint density at radius 1 is 1.44 bits per heavy atom. The fourth-order valence-corrected chi connectivity index (χ4v) is 2.49. The van der Waals surface area contributed by atoms with Gasteiger partial charge in [-0.05, 0) is 30.5 Å². The smallest absolute Gasteiger partial charge is 0.224 e. The van der Waals surface area contributed by atoms with Crippen molar-refractivity contribution in [2.45, 2.75) is 31.8 Å². The van der Waals surface area contributed by atoms with Crippen molar-refractivity contribution >= 4 is 29.9 Å². The van der Waals surface area contributed by atoms with Gasteiger partial charge in [0.15, 0.2) is 0 Å². The van der Waals surface area contributed by atoms with E-state index in [1.165, 1.54) is 0 Å². The summed E-state index contributed by atoms with van der Waals surface area (Å²) in [7, 11) is 0. The highest BCUT2D eigenvalue weighted by Gasteiger charge is 2.29. The molecule has 1 amide bonds. The van der Waals surface area contributed by atoms with Gasteiger partial charge in [-0.3, -0.25) is 4.79 Å². The Morgan fingerprint density at radius 2 is 2.22 bits per heavy atom. The van der Waals surface area contributed by atoms with E-state index >= 15 is 0 Å². The predicted molar refractivity (Wildman–Crippen MR) is 75.9 cm³/mol. The van der Waals surface area contributed by atoms with E-state index in [0.717, 1.165) is 24.8 Å². The summed E-state index contributed by atoms with van der Waals surface area (Å²) in [5.41, 5.74) is 6.90. The molecule has 18 heavy (non-hydrogen) atoms. The number of hydrogen-bond donors (Lipinski definition) is 2. The molecule has 1 fully saturated rings. The summed E-state index contributed by atoms with van der Waals surface area (Å²) in [5.74, 6) is 0.0455. The molecule has 3 N–H and O–H groups in total. The van der Waals surface area contributed by atoms with E-state index in [9.17, 15) is 4.79 Å². The molecule has 1 saturated carbocycles. The number of benzene rings is 1. The molecular weight excluding hydrogens is 271 g/mol. The topological polar surface area (TPSA) is 55.1 Å². The molecule has 0 radical (unpaired) electrons. The van der Waals surface area contributed by atoms with Crippen molar-refractivity contribution in [2.75, 3.05) is 0 Å². The van der Waals surface area contributed by atoms with Gasteiger partial charge < -0.3 is 11.1 Å². The molecule has 0 bridgehead atoms. The van der Waals surface area contributed by atoms with Crippen LogP contribution in [0.4, 0.5) is 0 Å². The van der Waals surface area contributed by atoms with E-state index in [-0.39, 0.29) is 30.3 Å². The Hall–Kier alpha value is -0.770. The second-order valence-corrected chi connectivity index (χ2v) is 4.99. The van der Waals surface area contributed by atoms with E-state index in [1.54, 1.807) is 0 Å². The van der Waals surface area contributed by atoms with Crippen LogP contribution in [0.25, 0.3) is 0 Å². The molecule has 0 saturated heterocycles. The number of hydrogen-bond acceptors (Lipinski definition) is 2. The molecule has 5 heteroatoms. The number of nitrogens with two attached hydrogens (primary N) is 1. The first-order chi connectivity index (χ1) is 8.16. The first-order valence-corrected chi connectivity index (χ1v) is 6.32. The molecule has 3 nitrogen and oxygen atoms in total. The standard InChI is InChI=1S/C13H17ClN2O.ClH/c14-10-4-1-3-9(7-10)8-16-13(17)11-5-2-6-12(11)15;/h1,3-4,7,11-12H,2,5-6,8,15H2,(H,16,17);1H. The van der Waals surface area contributed by atoms with Gasteiger partial charge in [-0.25, -0.2) is 0 Å². The molecule has 1 aromatic rings. The summed E-state index contributed by atoms with van der Waals surface area (Å²) < 4.78 is 0. The molecule has 0 heterocycles. The molecule has 100 valence electrons. The van der Waals surface area contributed by atoms with Crippen molar-refractivity contribution in [3.63, 3.8) is 0 Å². The van der Waals surface area contributed by atoms with E-state index in [4.69, 9.17) is 17.3 Å². The average Bonchev–Trinajstić information content (AvgIpc) is 2.72. The van der Waals surface area contributed by atoms with E-state index in [0.29, 0.717) is 11.6 Å². The minimum absolute atomic E-state index is 0. The van der Waals surface area contributed by atoms with Crippen molar-refractivity contribution in [1.29, 1.82) is 0 Å². The highest BCUT2D eigenvalue weighted by molar-refractivity contribution is 6.30. The number of rotatable bonds is 3. The summed E-state index contributed by atoms with van der Waals surface area (Å²) in [6, 6.07) is 7.52. The number of amides is 1. The zero-order chi connectivity index (χ0) is 12.3. The van der Waals surface area contributed by atoms with Gasteiger partial charge in [-0.1, -0.05) is 30.2 Å². The highest BCUT2D eigenvalue weighted by Crippen LogP contribution is 2.24. The maximum absolute atomic E-state index is 11.9. The fraction of sp³-hybridized carbons (Fsp3) is 0.462. The van der Waals surface area contributed by atoms with Crippen molar-refractivity contribution < 1.29 is 4.79 Å². The van der Waals surface area contributed by atoms with Crippen LogP contribution >= 0.6 is 24.0 Å². The molecule has 2 rings (SSSR count). The lowest BCUT2D eigenvalue weighted by atomic mass is 10.0. The summed E-state index contributed by atoms with van der Waals surface area (Å²) in [6.45, 7) is 0.516. The van der Waals surface area contributed by atoms with Gasteiger partial charge >= 0.3 is 0 Å². The third-order valence-electron chi connectivity index (χ3n) is 3.26. The predicted octanol–water partition coefficient (Wildman–Crippen LogP) is 2.51. The molecule has 2 unspecified atom stereocenters. The van der Waals surface area contributed by atoms with Crippen LogP contribution in [0.2, 0.25) is 5.02 Å². The summed E-state index contributed by atoms with van der Waals surface area (Å²) in [4.78, 5) is 11.9. The Kier molecular flexibility index (Phi) is 5.93. The second-order valence-electron chi connectivity index (χ2n) is 4.55. The van der Waals surface area contributed by atoms with Crippen molar-refractivity contribution in [3.05, 3.63) is 34.9 Å². The first kappa shape index (κ1) is 15.3. The van der Waals surface area contributed by atoms with Crippen LogP contribution in [0.15, 0.2) is 24.3 Å². The molecule has 0 spiro atoms. The van der Waals surface area contributed by atoms with Crippen LogP contribution in [0.1, 0.15) is 24.8 Å². The van der Waals surface area contributed by atoms with Gasteiger partial charge in [0.2, 0.25) is 5.91 Å². The molecular formula is C13H18Cl2N2O. The van der Waals surface area contributed by atoms with Crippen molar-refractivity contribution in [2.24, 2.45) is 11.7 Å². The number of carbonyl (C=O) groups is 1. The van der Waals surface area contributed by atoms with Crippen LogP contribution < -0.4 is 11.1 Å². The van der Waals surface area contributed by atoms with Crippen LogP contribution in [-0.4, -0.2) is 11.9 Å². The molecule has 1 aliphatic carbocycles. The lowest BCUT2D eigenvalue weighted by Crippen LogP contribution is -2.38. The van der Waals surface area contributed by atoms with E-state index in [1.807, 2.05) is 24.3 Å². The van der Waals surface area contributed by atoms with Gasteiger partial charge in [-0.15, -0.1) is 12.4 Å². The van der Waals surface area contributed by atoms with Crippen LogP contribution in [-0.2, 0) is 11.3 Å². The quantitative estimate of drug-likeness (QED) is 0.898. The summed E-state index contributed by atoms with van der Waals surface area (Å²) >= 11 is 5.88.